The third-order valence-electron chi connectivity index (χ3n) is 4.19. The normalized spacial score (nSPS) is 11.0. The summed E-state index contributed by atoms with van der Waals surface area (Å²) in [5.74, 6) is 0. The van der Waals surface area contributed by atoms with Crippen molar-refractivity contribution in [1.29, 1.82) is 0 Å². The first kappa shape index (κ1) is 16.2. The summed E-state index contributed by atoms with van der Waals surface area (Å²) < 4.78 is 0. The molecule has 0 saturated heterocycles. The Labute approximate surface area is 144 Å². The zero-order chi connectivity index (χ0) is 16.6. The van der Waals surface area contributed by atoms with Gasteiger partial charge in [-0.15, -0.1) is 0 Å². The highest BCUT2D eigenvalue weighted by Gasteiger charge is 2.07. The lowest BCUT2D eigenvalue weighted by atomic mass is 9.93. The Morgan fingerprint density at radius 1 is 0.792 bits per heavy atom. The van der Waals surface area contributed by atoms with E-state index in [0.29, 0.717) is 0 Å². The summed E-state index contributed by atoms with van der Waals surface area (Å²) in [6, 6.07) is 23.3. The maximum absolute atomic E-state index is 4.37. The molecule has 3 aromatic rings. The highest BCUT2D eigenvalue weighted by atomic mass is 14.6. The van der Waals surface area contributed by atoms with Crippen molar-refractivity contribution in [3.8, 4) is 11.1 Å². The smallest absolute Gasteiger partial charge is 0.0629 e. The van der Waals surface area contributed by atoms with E-state index < -0.39 is 0 Å². The van der Waals surface area contributed by atoms with Gasteiger partial charge in [0.1, 0.15) is 0 Å². The van der Waals surface area contributed by atoms with E-state index in [4.69, 9.17) is 0 Å². The molecular weight excluding hydrogens is 290 g/mol. The second-order valence-corrected chi connectivity index (χ2v) is 5.94. The highest BCUT2D eigenvalue weighted by Crippen LogP contribution is 2.29. The summed E-state index contributed by atoms with van der Waals surface area (Å²) in [6.07, 6.45) is 9.64. The number of hydrogen-bond acceptors (Lipinski definition) is 1. The Kier molecular flexibility index (Phi) is 5.57. The molecule has 3 rings (SSSR count). The van der Waals surface area contributed by atoms with Crippen LogP contribution in [0.1, 0.15) is 36.6 Å². The maximum Gasteiger partial charge on any atom is 0.0629 e. The summed E-state index contributed by atoms with van der Waals surface area (Å²) in [7, 11) is 0. The maximum atomic E-state index is 4.37. The van der Waals surface area contributed by atoms with Crippen LogP contribution in [0.4, 0.5) is 0 Å². The molecule has 0 saturated carbocycles. The number of rotatable bonds is 6. The van der Waals surface area contributed by atoms with Crippen molar-refractivity contribution < 1.29 is 0 Å². The van der Waals surface area contributed by atoms with E-state index in [0.717, 1.165) is 12.1 Å². The molecule has 0 atom stereocenters. The van der Waals surface area contributed by atoms with Gasteiger partial charge in [0.05, 0.1) is 5.69 Å². The summed E-state index contributed by atoms with van der Waals surface area (Å²) in [5.41, 5.74) is 6.26. The van der Waals surface area contributed by atoms with Gasteiger partial charge >= 0.3 is 0 Å². The lowest BCUT2D eigenvalue weighted by molar-refractivity contribution is 0.796. The summed E-state index contributed by atoms with van der Waals surface area (Å²) in [6.45, 7) is 2.24. The number of aryl methyl sites for hydroxylation is 1. The number of hydrogen-bond donors (Lipinski definition) is 0. The largest absolute Gasteiger partial charge is 0.257 e. The van der Waals surface area contributed by atoms with Crippen LogP contribution in [-0.4, -0.2) is 4.98 Å². The quantitative estimate of drug-likeness (QED) is 0.523. The average Bonchev–Trinajstić information content (AvgIpc) is 2.66. The number of nitrogens with zero attached hydrogens (tertiary/aromatic N) is 1. The molecule has 0 radical (unpaired) electrons. The van der Waals surface area contributed by atoms with E-state index in [-0.39, 0.29) is 0 Å². The van der Waals surface area contributed by atoms with Crippen molar-refractivity contribution in [2.45, 2.75) is 26.2 Å². The van der Waals surface area contributed by atoms with Gasteiger partial charge in [-0.25, -0.2) is 0 Å². The van der Waals surface area contributed by atoms with Gasteiger partial charge < -0.3 is 0 Å². The fourth-order valence-electron chi connectivity index (χ4n) is 2.91. The van der Waals surface area contributed by atoms with Gasteiger partial charge in [-0.1, -0.05) is 74.0 Å². The lowest BCUT2D eigenvalue weighted by Crippen LogP contribution is -1.92. The molecule has 1 aromatic heterocycles. The van der Waals surface area contributed by atoms with Gasteiger partial charge in [0, 0.05) is 6.20 Å². The van der Waals surface area contributed by atoms with E-state index in [1.165, 1.54) is 35.1 Å². The molecule has 0 bridgehead atoms. The molecule has 0 unspecified atom stereocenters. The third kappa shape index (κ3) is 3.99. The van der Waals surface area contributed by atoms with Gasteiger partial charge in [-0.05, 0) is 53.3 Å². The fourth-order valence-corrected chi connectivity index (χ4v) is 2.91. The second-order valence-electron chi connectivity index (χ2n) is 5.94. The zero-order valence-corrected chi connectivity index (χ0v) is 14.2. The second kappa shape index (κ2) is 8.26. The minimum atomic E-state index is 0.978. The predicted molar refractivity (Wildman–Crippen MR) is 104 cm³/mol. The molecule has 1 heteroatoms. The van der Waals surface area contributed by atoms with Crippen molar-refractivity contribution >= 4 is 12.2 Å². The fraction of sp³-hybridized carbons (Fsp3) is 0.174. The first-order valence-electron chi connectivity index (χ1n) is 8.65. The Morgan fingerprint density at radius 2 is 1.54 bits per heavy atom. The van der Waals surface area contributed by atoms with Crippen LogP contribution in [0.3, 0.4) is 0 Å². The predicted octanol–water partition coefficient (Wildman–Crippen LogP) is 6.26. The van der Waals surface area contributed by atoms with Crippen LogP contribution in [0.25, 0.3) is 23.3 Å². The molecular formula is C23H23N. The van der Waals surface area contributed by atoms with Crippen molar-refractivity contribution in [3.63, 3.8) is 0 Å². The van der Waals surface area contributed by atoms with Crippen molar-refractivity contribution in [1.82, 2.24) is 4.98 Å². The van der Waals surface area contributed by atoms with Crippen molar-refractivity contribution in [2.24, 2.45) is 0 Å². The van der Waals surface area contributed by atoms with E-state index in [9.17, 15) is 0 Å². The van der Waals surface area contributed by atoms with Crippen molar-refractivity contribution in [2.75, 3.05) is 0 Å². The Hall–Kier alpha value is -2.67. The van der Waals surface area contributed by atoms with Gasteiger partial charge in [-0.2, -0.15) is 0 Å². The monoisotopic (exact) mass is 313 g/mol. The zero-order valence-electron chi connectivity index (χ0n) is 14.2. The van der Waals surface area contributed by atoms with E-state index in [1.54, 1.807) is 0 Å². The molecule has 0 aliphatic rings. The molecule has 0 amide bonds. The van der Waals surface area contributed by atoms with E-state index >= 15 is 0 Å². The standard InChI is InChI=1S/C23H23N/c1-2-3-10-19-11-4-6-14-22(19)23-15-7-5-12-20(23)16-17-21-13-8-9-18-24-21/h4-9,11-18H,2-3,10H2,1H3/b17-16+. The van der Waals surface area contributed by atoms with Gasteiger partial charge in [0.15, 0.2) is 0 Å². The molecule has 1 nitrogen and oxygen atoms in total. The van der Waals surface area contributed by atoms with Gasteiger partial charge in [0.25, 0.3) is 0 Å². The molecule has 2 aromatic carbocycles. The first-order valence-corrected chi connectivity index (χ1v) is 8.65. The molecule has 1 heterocycles. The number of aromatic nitrogens is 1. The van der Waals surface area contributed by atoms with E-state index in [1.807, 2.05) is 24.4 Å². The lowest BCUT2D eigenvalue weighted by Gasteiger charge is -2.12. The topological polar surface area (TPSA) is 12.9 Å². The summed E-state index contributed by atoms with van der Waals surface area (Å²) in [5, 5.41) is 0. The third-order valence-corrected chi connectivity index (χ3v) is 4.19. The molecule has 0 aliphatic heterocycles. The van der Waals surface area contributed by atoms with Crippen LogP contribution < -0.4 is 0 Å². The Balaban J connectivity index is 1.97. The van der Waals surface area contributed by atoms with Gasteiger partial charge in [-0.3, -0.25) is 4.98 Å². The number of unbranched alkanes of at least 4 members (excludes halogenated alkanes) is 1. The van der Waals surface area contributed by atoms with Crippen LogP contribution in [-0.2, 0) is 6.42 Å². The Morgan fingerprint density at radius 3 is 2.33 bits per heavy atom. The molecule has 0 spiro atoms. The summed E-state index contributed by atoms with van der Waals surface area (Å²) in [4.78, 5) is 4.37. The Bertz CT molecular complexity index is 803. The van der Waals surface area contributed by atoms with Crippen LogP contribution in [0, 0.1) is 0 Å². The summed E-state index contributed by atoms with van der Waals surface area (Å²) >= 11 is 0. The van der Waals surface area contributed by atoms with Crippen LogP contribution in [0.15, 0.2) is 72.9 Å². The van der Waals surface area contributed by atoms with Gasteiger partial charge in [0.2, 0.25) is 0 Å². The van der Waals surface area contributed by atoms with E-state index in [2.05, 4.69) is 72.6 Å². The molecule has 120 valence electrons. The number of benzene rings is 2. The minimum Gasteiger partial charge on any atom is -0.257 e. The number of pyridine rings is 1. The van der Waals surface area contributed by atoms with Crippen LogP contribution in [0.5, 0.6) is 0 Å². The minimum absolute atomic E-state index is 0.978. The first-order chi connectivity index (χ1) is 11.9. The van der Waals surface area contributed by atoms with Crippen LogP contribution in [0.2, 0.25) is 0 Å². The SMILES string of the molecule is CCCCc1ccccc1-c1ccccc1/C=C/c1ccccn1. The highest BCUT2D eigenvalue weighted by molar-refractivity contribution is 5.81. The molecule has 0 N–H and O–H groups in total. The molecule has 0 fully saturated rings. The average molecular weight is 313 g/mol. The molecule has 0 aliphatic carbocycles. The van der Waals surface area contributed by atoms with Crippen molar-refractivity contribution in [3.05, 3.63) is 89.7 Å². The molecule has 24 heavy (non-hydrogen) atoms. The van der Waals surface area contributed by atoms with Crippen LogP contribution >= 0.6 is 0 Å².